The van der Waals surface area contributed by atoms with Gasteiger partial charge in [0.15, 0.2) is 0 Å². The van der Waals surface area contributed by atoms with Gasteiger partial charge in [0, 0.05) is 5.56 Å². The quantitative estimate of drug-likeness (QED) is 0.139. The molecule has 1 amide bonds. The lowest BCUT2D eigenvalue weighted by Crippen LogP contribution is -2.41. The summed E-state index contributed by atoms with van der Waals surface area (Å²) in [5.74, 6) is -2.16. The van der Waals surface area contributed by atoms with Crippen LogP contribution in [0.4, 0.5) is 0 Å². The van der Waals surface area contributed by atoms with Crippen LogP contribution in [0.25, 0.3) is 10.8 Å². The fraction of sp³-hybridized carbons (Fsp3) is 0.182. The second-order valence-electron chi connectivity index (χ2n) is 7.41. The van der Waals surface area contributed by atoms with Crippen molar-refractivity contribution in [2.24, 2.45) is 11.1 Å². The number of halogens is 1. The number of carbonyl (C=O) groups is 3. The number of rotatable bonds is 7. The minimum absolute atomic E-state index is 0. The molecule has 5 N–H and O–H groups in total. The predicted octanol–water partition coefficient (Wildman–Crippen LogP) is 3.08. The highest BCUT2D eigenvalue weighted by Crippen LogP contribution is 2.23. The summed E-state index contributed by atoms with van der Waals surface area (Å²) in [5, 5.41) is 20.7. The van der Waals surface area contributed by atoms with E-state index in [1.807, 2.05) is 0 Å². The van der Waals surface area contributed by atoms with Crippen molar-refractivity contribution in [3.63, 3.8) is 0 Å². The number of carbonyl (C=O) groups excluding carboxylic acids is 2. The standard InChI is InChI=1S/C22H21N3O6.ClH/c1-22(2,21(28)29)20(27)25-11-16-7-8-17(30-16)19(26)31-15-6-5-12-9-14(18(23)24)4-3-13(12)10-15;/h3-10H,11H2,1-2H3,(H3,23,24)(H,25,27)(H,28,29);1H. The van der Waals surface area contributed by atoms with Gasteiger partial charge in [-0.25, -0.2) is 4.79 Å². The number of nitrogen functional groups attached to an aromatic ring is 1. The normalized spacial score (nSPS) is 10.8. The average Bonchev–Trinajstić information content (AvgIpc) is 3.20. The molecule has 0 saturated carbocycles. The number of carboxylic acid groups (broad SMARTS) is 1. The zero-order valence-electron chi connectivity index (χ0n) is 17.3. The number of nitrogens with two attached hydrogens (primary N) is 1. The summed E-state index contributed by atoms with van der Waals surface area (Å²) < 4.78 is 10.7. The van der Waals surface area contributed by atoms with E-state index in [0.29, 0.717) is 11.3 Å². The van der Waals surface area contributed by atoms with E-state index in [9.17, 15) is 14.4 Å². The largest absolute Gasteiger partial charge is 0.480 e. The van der Waals surface area contributed by atoms with Crippen LogP contribution >= 0.6 is 12.4 Å². The summed E-state index contributed by atoms with van der Waals surface area (Å²) in [6.07, 6.45) is 0. The fourth-order valence-corrected chi connectivity index (χ4v) is 2.68. The number of amides is 1. The molecule has 0 radical (unpaired) electrons. The number of benzene rings is 2. The SMILES string of the molecule is CC(C)(C(=O)O)C(=O)NCc1ccc(C(=O)Oc2ccc3cc(C(=N)N)ccc3c2)o1.Cl. The molecule has 32 heavy (non-hydrogen) atoms. The van der Waals surface area contributed by atoms with Crippen LogP contribution in [0.1, 0.15) is 35.7 Å². The first-order valence-electron chi connectivity index (χ1n) is 9.29. The maximum absolute atomic E-state index is 12.4. The molecule has 0 atom stereocenters. The first-order valence-corrected chi connectivity index (χ1v) is 9.29. The van der Waals surface area contributed by atoms with Crippen LogP contribution in [0, 0.1) is 10.8 Å². The van der Waals surface area contributed by atoms with E-state index >= 15 is 0 Å². The van der Waals surface area contributed by atoms with Gasteiger partial charge in [-0.05, 0) is 55.0 Å². The average molecular weight is 460 g/mol. The Morgan fingerprint density at radius 1 is 1.09 bits per heavy atom. The van der Waals surface area contributed by atoms with E-state index < -0.39 is 23.3 Å². The van der Waals surface area contributed by atoms with Gasteiger partial charge in [-0.15, -0.1) is 12.4 Å². The molecule has 168 valence electrons. The Kier molecular flexibility index (Phi) is 7.27. The number of esters is 1. The Balaban J connectivity index is 0.00000363. The van der Waals surface area contributed by atoms with E-state index in [0.717, 1.165) is 10.8 Å². The molecular weight excluding hydrogens is 438 g/mol. The van der Waals surface area contributed by atoms with Gasteiger partial charge in [-0.1, -0.05) is 18.2 Å². The number of hydrogen-bond acceptors (Lipinski definition) is 6. The lowest BCUT2D eigenvalue weighted by Gasteiger charge is -2.17. The molecule has 0 aliphatic carbocycles. The summed E-state index contributed by atoms with van der Waals surface area (Å²) in [6, 6.07) is 13.2. The van der Waals surface area contributed by atoms with Gasteiger partial charge >= 0.3 is 11.9 Å². The van der Waals surface area contributed by atoms with Crippen molar-refractivity contribution < 1.29 is 28.6 Å². The third kappa shape index (κ3) is 5.25. The Labute approximate surface area is 189 Å². The van der Waals surface area contributed by atoms with Crippen LogP contribution in [0.5, 0.6) is 5.75 Å². The van der Waals surface area contributed by atoms with Crippen molar-refractivity contribution in [3.8, 4) is 5.75 Å². The predicted molar refractivity (Wildman–Crippen MR) is 119 cm³/mol. The molecule has 0 spiro atoms. The molecular formula is C22H22ClN3O6. The second-order valence-corrected chi connectivity index (χ2v) is 7.41. The molecule has 0 bridgehead atoms. The van der Waals surface area contributed by atoms with Gasteiger partial charge in [0.1, 0.15) is 22.8 Å². The van der Waals surface area contributed by atoms with Crippen LogP contribution < -0.4 is 15.8 Å². The minimum Gasteiger partial charge on any atom is -0.480 e. The van der Waals surface area contributed by atoms with Gasteiger partial charge in [-0.3, -0.25) is 15.0 Å². The Bertz CT molecular complexity index is 1200. The number of carboxylic acids is 1. The maximum atomic E-state index is 12.4. The summed E-state index contributed by atoms with van der Waals surface area (Å²) >= 11 is 0. The van der Waals surface area contributed by atoms with Crippen LogP contribution in [0.15, 0.2) is 52.9 Å². The first kappa shape index (κ1) is 24.4. The van der Waals surface area contributed by atoms with Crippen molar-refractivity contribution in [3.05, 3.63) is 65.6 Å². The summed E-state index contributed by atoms with van der Waals surface area (Å²) in [6.45, 7) is 2.51. The third-order valence-corrected chi connectivity index (χ3v) is 4.72. The van der Waals surface area contributed by atoms with Gasteiger partial charge < -0.3 is 25.3 Å². The van der Waals surface area contributed by atoms with Crippen molar-refractivity contribution in [1.82, 2.24) is 5.32 Å². The molecule has 1 aromatic heterocycles. The molecule has 0 unspecified atom stereocenters. The number of ether oxygens (including phenoxy) is 1. The number of fused-ring (bicyclic) bond motifs is 1. The molecule has 0 aliphatic rings. The van der Waals surface area contributed by atoms with E-state index in [2.05, 4.69) is 5.32 Å². The van der Waals surface area contributed by atoms with Gasteiger partial charge in [-0.2, -0.15) is 0 Å². The minimum atomic E-state index is -1.59. The van der Waals surface area contributed by atoms with E-state index in [4.69, 9.17) is 25.4 Å². The first-order chi connectivity index (χ1) is 14.6. The van der Waals surface area contributed by atoms with Gasteiger partial charge in [0.05, 0.1) is 6.54 Å². The molecule has 0 saturated heterocycles. The molecule has 2 aromatic carbocycles. The smallest absolute Gasteiger partial charge is 0.379 e. The monoisotopic (exact) mass is 459 g/mol. The topological polar surface area (TPSA) is 156 Å². The Morgan fingerprint density at radius 3 is 2.41 bits per heavy atom. The number of furan rings is 1. The highest BCUT2D eigenvalue weighted by Gasteiger charge is 2.35. The number of nitrogens with one attached hydrogen (secondary N) is 2. The molecule has 3 rings (SSSR count). The van der Waals surface area contributed by atoms with Gasteiger partial charge in [0.2, 0.25) is 11.7 Å². The Morgan fingerprint density at radius 2 is 1.75 bits per heavy atom. The highest BCUT2D eigenvalue weighted by atomic mass is 35.5. The van der Waals surface area contributed by atoms with Gasteiger partial charge in [0.25, 0.3) is 0 Å². The highest BCUT2D eigenvalue weighted by molar-refractivity contribution is 6.01. The molecule has 10 heteroatoms. The third-order valence-electron chi connectivity index (χ3n) is 4.72. The van der Waals surface area contributed by atoms with E-state index in [1.165, 1.54) is 26.0 Å². The number of hydrogen-bond donors (Lipinski definition) is 4. The lowest BCUT2D eigenvalue weighted by atomic mass is 9.93. The summed E-state index contributed by atoms with van der Waals surface area (Å²) in [4.78, 5) is 35.5. The van der Waals surface area contributed by atoms with Crippen LogP contribution in [-0.4, -0.2) is 28.8 Å². The second kappa shape index (κ2) is 9.52. The summed E-state index contributed by atoms with van der Waals surface area (Å²) in [7, 11) is 0. The maximum Gasteiger partial charge on any atom is 0.379 e. The molecule has 1 heterocycles. The van der Waals surface area contributed by atoms with Crippen molar-refractivity contribution >= 4 is 46.9 Å². The zero-order chi connectivity index (χ0) is 22.8. The van der Waals surface area contributed by atoms with Crippen molar-refractivity contribution in [1.29, 1.82) is 5.41 Å². The number of amidine groups is 1. The number of aliphatic carboxylic acids is 1. The Hall–Kier alpha value is -3.85. The van der Waals surface area contributed by atoms with Crippen molar-refractivity contribution in [2.75, 3.05) is 0 Å². The fourth-order valence-electron chi connectivity index (χ4n) is 2.68. The molecule has 0 fully saturated rings. The molecule has 0 aliphatic heterocycles. The molecule has 9 nitrogen and oxygen atoms in total. The van der Waals surface area contributed by atoms with Crippen LogP contribution in [0.2, 0.25) is 0 Å². The van der Waals surface area contributed by atoms with Crippen LogP contribution in [0.3, 0.4) is 0 Å². The van der Waals surface area contributed by atoms with E-state index in [-0.39, 0.29) is 36.3 Å². The lowest BCUT2D eigenvalue weighted by molar-refractivity contribution is -0.153. The summed E-state index contributed by atoms with van der Waals surface area (Å²) in [5.41, 5.74) is 4.50. The van der Waals surface area contributed by atoms with E-state index in [1.54, 1.807) is 36.4 Å². The zero-order valence-corrected chi connectivity index (χ0v) is 18.1. The van der Waals surface area contributed by atoms with Crippen molar-refractivity contribution in [2.45, 2.75) is 20.4 Å². The van der Waals surface area contributed by atoms with Crippen LogP contribution in [-0.2, 0) is 16.1 Å². The molecule has 3 aromatic rings.